The Morgan fingerprint density at radius 3 is 3.06 bits per heavy atom. The van der Waals surface area contributed by atoms with Crippen LogP contribution in [0.3, 0.4) is 0 Å². The number of nitrogens with one attached hydrogen (secondary N) is 1. The molecule has 0 aromatic carbocycles. The molecule has 0 spiro atoms. The molecule has 6 heteroatoms. The van der Waals surface area contributed by atoms with Gasteiger partial charge in [-0.15, -0.1) is 0 Å². The van der Waals surface area contributed by atoms with Crippen molar-refractivity contribution in [2.45, 2.75) is 43.5 Å². The number of aliphatic carboxylic acids is 1. The predicted octanol–water partition coefficient (Wildman–Crippen LogP) is 1.67. The molecular weight excluding hydrogens is 240 g/mol. The molecule has 94 valence electrons. The first kappa shape index (κ1) is 12.4. The fourth-order valence-corrected chi connectivity index (χ4v) is 2.33. The second-order valence-electron chi connectivity index (χ2n) is 4.22. The highest BCUT2D eigenvalue weighted by Crippen LogP contribution is 2.22. The molecule has 17 heavy (non-hydrogen) atoms. The van der Waals surface area contributed by atoms with Gasteiger partial charge in [-0.25, -0.2) is 4.98 Å². The third kappa shape index (κ3) is 4.05. The molecule has 5 nitrogen and oxygen atoms in total. The third-order valence-electron chi connectivity index (χ3n) is 2.54. The van der Waals surface area contributed by atoms with E-state index >= 15 is 0 Å². The Balaban J connectivity index is 1.72. The first-order chi connectivity index (χ1) is 8.15. The predicted molar refractivity (Wildman–Crippen MR) is 64.2 cm³/mol. The van der Waals surface area contributed by atoms with E-state index in [0.29, 0.717) is 23.4 Å². The van der Waals surface area contributed by atoms with Gasteiger partial charge in [-0.3, -0.25) is 4.79 Å². The van der Waals surface area contributed by atoms with E-state index in [4.69, 9.17) is 9.52 Å². The zero-order chi connectivity index (χ0) is 12.3. The molecule has 1 aliphatic carbocycles. The summed E-state index contributed by atoms with van der Waals surface area (Å²) in [6.45, 7) is 1.86. The third-order valence-corrected chi connectivity index (χ3v) is 3.42. The molecule has 1 fully saturated rings. The maximum Gasteiger partial charge on any atom is 0.320 e. The smallest absolute Gasteiger partial charge is 0.320 e. The van der Waals surface area contributed by atoms with E-state index in [1.54, 1.807) is 6.26 Å². The molecule has 2 N–H and O–H groups in total. The lowest BCUT2D eigenvalue weighted by molar-refractivity contribution is -0.139. The molecule has 0 radical (unpaired) electrons. The summed E-state index contributed by atoms with van der Waals surface area (Å²) in [6.07, 6.45) is 4.36. The van der Waals surface area contributed by atoms with Crippen LogP contribution in [0.5, 0.6) is 0 Å². The minimum absolute atomic E-state index is 0.407. The number of aryl methyl sites for hydroxylation is 1. The van der Waals surface area contributed by atoms with Crippen molar-refractivity contribution in [3.8, 4) is 0 Å². The number of hydrogen-bond donors (Lipinski definition) is 2. The average Bonchev–Trinajstić information content (AvgIpc) is 3.00. The highest BCUT2D eigenvalue weighted by Gasteiger charge is 2.27. The van der Waals surface area contributed by atoms with Crippen LogP contribution in [0.4, 0.5) is 0 Å². The lowest BCUT2D eigenvalue weighted by Gasteiger charge is -2.12. The molecule has 0 saturated heterocycles. The molecule has 1 aromatic rings. The molecule has 0 amide bonds. The molecular formula is C11H16N2O3S. The maximum absolute atomic E-state index is 11.0. The van der Waals surface area contributed by atoms with E-state index in [0.717, 1.165) is 18.5 Å². The van der Waals surface area contributed by atoms with E-state index in [9.17, 15) is 4.79 Å². The molecule has 1 aliphatic rings. The zero-order valence-electron chi connectivity index (χ0n) is 9.68. The Hall–Kier alpha value is -1.01. The van der Waals surface area contributed by atoms with Crippen LogP contribution >= 0.6 is 11.8 Å². The van der Waals surface area contributed by atoms with Gasteiger partial charge in [-0.1, -0.05) is 11.8 Å². The molecule has 1 heterocycles. The Kier molecular flexibility index (Phi) is 4.06. The second kappa shape index (κ2) is 5.55. The number of carboxylic acids is 1. The summed E-state index contributed by atoms with van der Waals surface area (Å²) in [5.41, 5.74) is 0.846. The van der Waals surface area contributed by atoms with Crippen molar-refractivity contribution >= 4 is 17.7 Å². The molecule has 1 atom stereocenters. The summed E-state index contributed by atoms with van der Waals surface area (Å²) >= 11 is 1.45. The quantitative estimate of drug-likeness (QED) is 0.723. The van der Waals surface area contributed by atoms with Gasteiger partial charge in [0.05, 0.1) is 5.69 Å². The van der Waals surface area contributed by atoms with Crippen molar-refractivity contribution in [2.24, 2.45) is 0 Å². The van der Waals surface area contributed by atoms with Crippen molar-refractivity contribution in [3.63, 3.8) is 0 Å². The minimum atomic E-state index is -0.777. The summed E-state index contributed by atoms with van der Waals surface area (Å²) in [5.74, 6) is -0.0857. The molecule has 1 saturated carbocycles. The Labute approximate surface area is 104 Å². The summed E-state index contributed by atoms with van der Waals surface area (Å²) in [6, 6.07) is -0.0452. The number of carboxylic acid groups (broad SMARTS) is 1. The van der Waals surface area contributed by atoms with Gasteiger partial charge < -0.3 is 14.8 Å². The lowest BCUT2D eigenvalue weighted by atomic mass is 10.2. The van der Waals surface area contributed by atoms with Gasteiger partial charge >= 0.3 is 5.97 Å². The minimum Gasteiger partial charge on any atom is -0.480 e. The van der Waals surface area contributed by atoms with Crippen LogP contribution in [0, 0.1) is 6.92 Å². The van der Waals surface area contributed by atoms with Crippen LogP contribution in [0.1, 0.15) is 25.0 Å². The number of aromatic nitrogens is 1. The number of oxazole rings is 1. The topological polar surface area (TPSA) is 75.4 Å². The van der Waals surface area contributed by atoms with Gasteiger partial charge in [0.25, 0.3) is 5.22 Å². The number of nitrogens with zero attached hydrogens (tertiary/aromatic N) is 1. The Morgan fingerprint density at radius 1 is 1.76 bits per heavy atom. The summed E-state index contributed by atoms with van der Waals surface area (Å²) < 4.78 is 5.18. The van der Waals surface area contributed by atoms with E-state index < -0.39 is 12.0 Å². The standard InChI is InChI=1S/C11H16N2O3S/c1-7-6-16-11(12-7)17-5-4-9(10(14)15)13-8-2-3-8/h6,8-9,13H,2-5H2,1H3,(H,14,15). The average molecular weight is 256 g/mol. The van der Waals surface area contributed by atoms with E-state index in [2.05, 4.69) is 10.3 Å². The Morgan fingerprint density at radius 2 is 2.53 bits per heavy atom. The fraction of sp³-hybridized carbons (Fsp3) is 0.636. The monoisotopic (exact) mass is 256 g/mol. The molecule has 1 aromatic heterocycles. The lowest BCUT2D eigenvalue weighted by Crippen LogP contribution is -2.38. The largest absolute Gasteiger partial charge is 0.480 e. The van der Waals surface area contributed by atoms with Crippen molar-refractivity contribution in [2.75, 3.05) is 5.75 Å². The van der Waals surface area contributed by atoms with Gasteiger partial charge in [-0.05, 0) is 26.2 Å². The molecule has 0 aliphatic heterocycles. The number of rotatable bonds is 7. The summed E-state index contributed by atoms with van der Waals surface area (Å²) in [4.78, 5) is 15.2. The fourth-order valence-electron chi connectivity index (χ4n) is 1.48. The highest BCUT2D eigenvalue weighted by atomic mass is 32.2. The first-order valence-electron chi connectivity index (χ1n) is 5.69. The van der Waals surface area contributed by atoms with Crippen LogP contribution < -0.4 is 5.32 Å². The number of carbonyl (C=O) groups is 1. The van der Waals surface area contributed by atoms with Gasteiger partial charge in [0.15, 0.2) is 0 Å². The van der Waals surface area contributed by atoms with Crippen LogP contribution in [0.15, 0.2) is 15.9 Å². The van der Waals surface area contributed by atoms with Crippen LogP contribution in [0.2, 0.25) is 0 Å². The normalized spacial score (nSPS) is 17.0. The van der Waals surface area contributed by atoms with Gasteiger partial charge in [0, 0.05) is 11.8 Å². The van der Waals surface area contributed by atoms with Gasteiger partial charge in [-0.2, -0.15) is 0 Å². The molecule has 1 unspecified atom stereocenters. The molecule has 2 rings (SSSR count). The van der Waals surface area contributed by atoms with Crippen LogP contribution in [0.25, 0.3) is 0 Å². The second-order valence-corrected chi connectivity index (χ2v) is 5.27. The van der Waals surface area contributed by atoms with Crippen molar-refractivity contribution in [1.82, 2.24) is 10.3 Å². The van der Waals surface area contributed by atoms with Gasteiger partial charge in [0.1, 0.15) is 12.3 Å². The van der Waals surface area contributed by atoms with E-state index in [-0.39, 0.29) is 0 Å². The van der Waals surface area contributed by atoms with Gasteiger partial charge in [0.2, 0.25) is 0 Å². The van der Waals surface area contributed by atoms with Crippen molar-refractivity contribution < 1.29 is 14.3 Å². The summed E-state index contributed by atoms with van der Waals surface area (Å²) in [5, 5.41) is 12.8. The SMILES string of the molecule is Cc1coc(SCCC(NC2CC2)C(=O)O)n1. The first-order valence-corrected chi connectivity index (χ1v) is 6.67. The van der Waals surface area contributed by atoms with Crippen molar-refractivity contribution in [3.05, 3.63) is 12.0 Å². The van der Waals surface area contributed by atoms with E-state index in [1.807, 2.05) is 6.92 Å². The van der Waals surface area contributed by atoms with Crippen LogP contribution in [-0.2, 0) is 4.79 Å². The summed E-state index contributed by atoms with van der Waals surface area (Å²) in [7, 11) is 0. The van der Waals surface area contributed by atoms with E-state index in [1.165, 1.54) is 11.8 Å². The zero-order valence-corrected chi connectivity index (χ0v) is 10.5. The maximum atomic E-state index is 11.0. The Bertz CT molecular complexity index is 390. The highest BCUT2D eigenvalue weighted by molar-refractivity contribution is 7.99. The van der Waals surface area contributed by atoms with Crippen molar-refractivity contribution in [1.29, 1.82) is 0 Å². The molecule has 0 bridgehead atoms. The number of thioether (sulfide) groups is 1. The number of hydrogen-bond acceptors (Lipinski definition) is 5. The van der Waals surface area contributed by atoms with Crippen LogP contribution in [-0.4, -0.2) is 33.9 Å².